The van der Waals surface area contributed by atoms with Crippen molar-refractivity contribution in [2.24, 2.45) is 0 Å². The van der Waals surface area contributed by atoms with Crippen molar-refractivity contribution < 1.29 is 33.3 Å². The van der Waals surface area contributed by atoms with Gasteiger partial charge in [-0.15, -0.1) is 0 Å². The first-order chi connectivity index (χ1) is 22.6. The van der Waals surface area contributed by atoms with Crippen LogP contribution in [0.3, 0.4) is 0 Å². The SMILES string of the molecule is CCC(=O)[C@]1(n2cc(C)c(=O)[nH]c2=O)C[C@H](OC(C)=O)[C@@H](COC(c2ccccc2)(c2ccc(OC)cc2)c2ccc(OC)cc2)O1. The molecule has 5 rings (SSSR count). The molecule has 0 amide bonds. The number of carbonyl (C=O) groups is 2. The molecule has 0 unspecified atom stereocenters. The van der Waals surface area contributed by atoms with Gasteiger partial charge in [0, 0.05) is 31.5 Å². The van der Waals surface area contributed by atoms with E-state index in [4.69, 9.17) is 23.7 Å². The second-order valence-corrected chi connectivity index (χ2v) is 11.3. The van der Waals surface area contributed by atoms with E-state index in [0.29, 0.717) is 11.5 Å². The molecule has 1 aliphatic rings. The predicted molar refractivity (Wildman–Crippen MR) is 173 cm³/mol. The fourth-order valence-electron chi connectivity index (χ4n) is 6.11. The number of benzene rings is 3. The zero-order valence-electron chi connectivity index (χ0n) is 27.0. The van der Waals surface area contributed by atoms with Crippen LogP contribution >= 0.6 is 0 Å². The molecule has 1 aromatic heterocycles. The molecular weight excluding hydrogens is 604 g/mol. The zero-order chi connectivity index (χ0) is 33.8. The second kappa shape index (κ2) is 13.8. The highest BCUT2D eigenvalue weighted by Gasteiger charge is 2.55. The molecule has 0 spiro atoms. The first-order valence-electron chi connectivity index (χ1n) is 15.3. The summed E-state index contributed by atoms with van der Waals surface area (Å²) < 4.78 is 31.2. The minimum Gasteiger partial charge on any atom is -0.497 e. The summed E-state index contributed by atoms with van der Waals surface area (Å²) in [6.45, 7) is 4.27. The molecule has 1 saturated heterocycles. The summed E-state index contributed by atoms with van der Waals surface area (Å²) in [6.07, 6.45) is -0.819. The highest BCUT2D eigenvalue weighted by molar-refractivity contribution is 5.85. The monoisotopic (exact) mass is 642 g/mol. The van der Waals surface area contributed by atoms with Gasteiger partial charge in [-0.2, -0.15) is 0 Å². The lowest BCUT2D eigenvalue weighted by atomic mass is 9.80. The van der Waals surface area contributed by atoms with Gasteiger partial charge in [0.2, 0.25) is 5.72 Å². The number of aromatic nitrogens is 2. The van der Waals surface area contributed by atoms with Crippen molar-refractivity contribution in [3.63, 3.8) is 0 Å². The maximum atomic E-state index is 13.7. The van der Waals surface area contributed by atoms with Crippen LogP contribution in [0, 0.1) is 6.92 Å². The molecule has 4 aromatic rings. The lowest BCUT2D eigenvalue weighted by Crippen LogP contribution is -2.50. The van der Waals surface area contributed by atoms with Gasteiger partial charge >= 0.3 is 11.7 Å². The zero-order valence-corrected chi connectivity index (χ0v) is 27.0. The standard InChI is InChI=1S/C36H38N2O9/c1-6-32(40)35(38-21-23(2)33(41)37-34(38)42)20-30(46-24(3)39)31(47-35)22-45-36(25-10-8-7-9-11-25,26-12-16-28(43-4)17-13-26)27-14-18-29(44-5)19-15-27/h7-19,21,30-31H,6,20,22H2,1-5H3,(H,37,41,42)/t30-,31+,35-/m0/s1. The maximum Gasteiger partial charge on any atom is 0.331 e. The van der Waals surface area contributed by atoms with Crippen molar-refractivity contribution in [2.75, 3.05) is 20.8 Å². The molecule has 0 bridgehead atoms. The van der Waals surface area contributed by atoms with Gasteiger partial charge in [-0.05, 0) is 47.9 Å². The molecule has 0 aliphatic carbocycles. The number of rotatable bonds is 12. The molecule has 0 radical (unpaired) electrons. The molecule has 11 heteroatoms. The number of carbonyl (C=O) groups excluding carboxylic acids is 2. The van der Waals surface area contributed by atoms with Gasteiger partial charge < -0.3 is 23.7 Å². The van der Waals surface area contributed by atoms with Crippen molar-refractivity contribution in [2.45, 2.75) is 57.1 Å². The fourth-order valence-corrected chi connectivity index (χ4v) is 6.11. The smallest absolute Gasteiger partial charge is 0.331 e. The van der Waals surface area contributed by atoms with Crippen molar-refractivity contribution in [1.82, 2.24) is 9.55 Å². The lowest BCUT2D eigenvalue weighted by Gasteiger charge is -2.37. The third-order valence-electron chi connectivity index (χ3n) is 8.46. The molecular formula is C36H38N2O9. The quantitative estimate of drug-likeness (QED) is 0.178. The molecule has 3 aromatic carbocycles. The van der Waals surface area contributed by atoms with Crippen LogP contribution in [0.2, 0.25) is 0 Å². The number of nitrogens with zero attached hydrogens (tertiary/aromatic N) is 1. The molecule has 0 saturated carbocycles. The number of ether oxygens (including phenoxy) is 5. The Kier molecular flexibility index (Phi) is 9.78. The molecule has 47 heavy (non-hydrogen) atoms. The van der Waals surface area contributed by atoms with Crippen molar-refractivity contribution in [3.8, 4) is 11.5 Å². The number of aryl methyl sites for hydroxylation is 1. The third-order valence-corrected chi connectivity index (χ3v) is 8.46. The summed E-state index contributed by atoms with van der Waals surface area (Å²) in [5.41, 5.74) is -1.95. The highest BCUT2D eigenvalue weighted by atomic mass is 16.6. The van der Waals surface area contributed by atoms with E-state index in [2.05, 4.69) is 4.98 Å². The van der Waals surface area contributed by atoms with Crippen molar-refractivity contribution >= 4 is 11.8 Å². The first kappa shape index (κ1) is 33.4. The van der Waals surface area contributed by atoms with Crippen LogP contribution in [-0.2, 0) is 35.1 Å². The van der Waals surface area contributed by atoms with Gasteiger partial charge in [-0.25, -0.2) is 4.79 Å². The predicted octanol–water partition coefficient (Wildman–Crippen LogP) is 4.22. The molecule has 1 aliphatic heterocycles. The van der Waals surface area contributed by atoms with E-state index in [1.165, 1.54) is 20.0 Å². The number of esters is 1. The Morgan fingerprint density at radius 1 is 0.915 bits per heavy atom. The van der Waals surface area contributed by atoms with Gasteiger partial charge in [0.05, 0.1) is 20.8 Å². The summed E-state index contributed by atoms with van der Waals surface area (Å²) in [7, 11) is 3.18. The topological polar surface area (TPSA) is 135 Å². The summed E-state index contributed by atoms with van der Waals surface area (Å²) in [5, 5.41) is 0. The molecule has 11 nitrogen and oxygen atoms in total. The van der Waals surface area contributed by atoms with Crippen LogP contribution in [0.1, 0.15) is 48.9 Å². The summed E-state index contributed by atoms with van der Waals surface area (Å²) in [5.74, 6) is 0.297. The number of aromatic amines is 1. The molecule has 1 N–H and O–H groups in total. The van der Waals surface area contributed by atoms with E-state index in [0.717, 1.165) is 21.3 Å². The van der Waals surface area contributed by atoms with E-state index in [1.807, 2.05) is 78.9 Å². The lowest BCUT2D eigenvalue weighted by molar-refractivity contribution is -0.170. The third kappa shape index (κ3) is 6.36. The Morgan fingerprint density at radius 3 is 1.98 bits per heavy atom. The second-order valence-electron chi connectivity index (χ2n) is 11.3. The van der Waals surface area contributed by atoms with Crippen molar-refractivity contribution in [3.05, 3.63) is 128 Å². The van der Waals surface area contributed by atoms with Crippen LogP contribution in [0.4, 0.5) is 0 Å². The Labute approximate surface area is 272 Å². The van der Waals surface area contributed by atoms with Crippen LogP contribution in [-0.4, -0.2) is 54.3 Å². The van der Waals surface area contributed by atoms with E-state index < -0.39 is 46.5 Å². The largest absolute Gasteiger partial charge is 0.497 e. The van der Waals surface area contributed by atoms with Crippen LogP contribution < -0.4 is 20.7 Å². The Morgan fingerprint density at radius 2 is 1.47 bits per heavy atom. The average Bonchev–Trinajstić information content (AvgIpc) is 3.45. The molecule has 3 atom stereocenters. The minimum atomic E-state index is -1.86. The van der Waals surface area contributed by atoms with Gasteiger partial charge in [-0.1, -0.05) is 61.5 Å². The van der Waals surface area contributed by atoms with E-state index in [1.54, 1.807) is 21.1 Å². The number of ketones is 1. The van der Waals surface area contributed by atoms with E-state index >= 15 is 0 Å². The Bertz CT molecular complexity index is 1780. The number of Topliss-reactive ketones (excluding diaryl/α,β-unsaturated/α-hetero) is 1. The average molecular weight is 643 g/mol. The Balaban J connectivity index is 1.65. The molecule has 1 fully saturated rings. The Hall–Kier alpha value is -5.00. The number of hydrogen-bond acceptors (Lipinski definition) is 9. The van der Waals surface area contributed by atoms with Gasteiger partial charge in [0.15, 0.2) is 5.78 Å². The van der Waals surface area contributed by atoms with Crippen LogP contribution in [0.5, 0.6) is 11.5 Å². The van der Waals surface area contributed by atoms with Crippen LogP contribution in [0.15, 0.2) is 94.6 Å². The van der Waals surface area contributed by atoms with Gasteiger partial charge in [-0.3, -0.25) is 23.9 Å². The van der Waals surface area contributed by atoms with Gasteiger partial charge in [0.25, 0.3) is 5.56 Å². The summed E-state index contributed by atoms with van der Waals surface area (Å²) >= 11 is 0. The van der Waals surface area contributed by atoms with Gasteiger partial charge in [0.1, 0.15) is 29.3 Å². The minimum absolute atomic E-state index is 0.0105. The number of nitrogens with one attached hydrogen (secondary N) is 1. The highest BCUT2D eigenvalue weighted by Crippen LogP contribution is 2.44. The number of H-pyrrole nitrogens is 1. The van der Waals surface area contributed by atoms with E-state index in [9.17, 15) is 19.2 Å². The molecule has 246 valence electrons. The number of hydrogen-bond donors (Lipinski definition) is 1. The number of methoxy groups -OCH3 is 2. The van der Waals surface area contributed by atoms with Crippen molar-refractivity contribution in [1.29, 1.82) is 0 Å². The van der Waals surface area contributed by atoms with Crippen LogP contribution in [0.25, 0.3) is 0 Å². The fraction of sp³-hybridized carbons (Fsp3) is 0.333. The normalized spacial score (nSPS) is 19.3. The molecule has 2 heterocycles. The van der Waals surface area contributed by atoms with E-state index in [-0.39, 0.29) is 25.0 Å². The summed E-state index contributed by atoms with van der Waals surface area (Å²) in [6, 6.07) is 24.6. The maximum absolute atomic E-state index is 13.7. The summed E-state index contributed by atoms with van der Waals surface area (Å²) in [4.78, 5) is 53.6. The first-order valence-corrected chi connectivity index (χ1v) is 15.3.